The Morgan fingerprint density at radius 1 is 0.684 bits per heavy atom. The van der Waals surface area contributed by atoms with Crippen molar-refractivity contribution in [3.63, 3.8) is 0 Å². The molecule has 0 atom stereocenters. The lowest BCUT2D eigenvalue weighted by atomic mass is 10.0. The number of nitrogens with zero attached hydrogens (tertiary/aromatic N) is 2. The highest BCUT2D eigenvalue weighted by molar-refractivity contribution is 8.13. The minimum atomic E-state index is -0.466. The van der Waals surface area contributed by atoms with Crippen LogP contribution >= 0.6 is 11.8 Å². The van der Waals surface area contributed by atoms with Crippen molar-refractivity contribution < 1.29 is 23.9 Å². The molecule has 0 aliphatic carbocycles. The van der Waals surface area contributed by atoms with E-state index in [4.69, 9.17) is 9.47 Å². The quantitative estimate of drug-likeness (QED) is 0.0850. The first-order chi connectivity index (χ1) is 18.3. The van der Waals surface area contributed by atoms with Crippen molar-refractivity contribution in [1.82, 2.24) is 9.80 Å². The Balaban J connectivity index is 4.96. The minimum absolute atomic E-state index is 0.129. The zero-order valence-electron chi connectivity index (χ0n) is 25.3. The molecule has 38 heavy (non-hydrogen) atoms. The molecule has 8 heteroatoms. The van der Waals surface area contributed by atoms with Crippen LogP contribution in [0.5, 0.6) is 0 Å². The van der Waals surface area contributed by atoms with Gasteiger partial charge in [0.1, 0.15) is 19.2 Å². The highest BCUT2D eigenvalue weighted by atomic mass is 32.2. The molecular weight excluding hydrogens is 500 g/mol. The molecule has 0 aliphatic rings. The van der Waals surface area contributed by atoms with Gasteiger partial charge in [-0.2, -0.15) is 0 Å². The highest BCUT2D eigenvalue weighted by Crippen LogP contribution is 2.17. The number of ether oxygens (including phenoxy) is 2. The molecule has 0 saturated carbocycles. The molecule has 0 saturated heterocycles. The third kappa shape index (κ3) is 22.7. The fourth-order valence-corrected chi connectivity index (χ4v) is 4.91. The van der Waals surface area contributed by atoms with E-state index >= 15 is 0 Å². The van der Waals surface area contributed by atoms with Gasteiger partial charge in [0.15, 0.2) is 0 Å². The van der Waals surface area contributed by atoms with Crippen LogP contribution in [0.3, 0.4) is 0 Å². The summed E-state index contributed by atoms with van der Waals surface area (Å²) in [6.07, 6.45) is 16.8. The van der Waals surface area contributed by atoms with Crippen molar-refractivity contribution >= 4 is 28.9 Å². The Hall–Kier alpha value is -1.28. The predicted octanol–water partition coefficient (Wildman–Crippen LogP) is 7.46. The van der Waals surface area contributed by atoms with E-state index in [1.807, 2.05) is 14.1 Å². The average molecular weight is 559 g/mol. The number of rotatable bonds is 25. The molecule has 0 N–H and O–H groups in total. The second-order valence-corrected chi connectivity index (χ2v) is 11.6. The van der Waals surface area contributed by atoms with Crippen LogP contribution in [-0.2, 0) is 19.1 Å². The van der Waals surface area contributed by atoms with Gasteiger partial charge in [0.2, 0.25) is 0 Å². The molecule has 0 rings (SSSR count). The van der Waals surface area contributed by atoms with Gasteiger partial charge in [-0.1, -0.05) is 96.7 Å². The lowest BCUT2D eigenvalue weighted by Crippen LogP contribution is -2.39. The monoisotopic (exact) mass is 558 g/mol. The fourth-order valence-electron chi connectivity index (χ4n) is 4.15. The number of amides is 1. The van der Waals surface area contributed by atoms with Crippen molar-refractivity contribution in [3.05, 3.63) is 0 Å². The van der Waals surface area contributed by atoms with Crippen LogP contribution in [0.4, 0.5) is 4.79 Å². The van der Waals surface area contributed by atoms with E-state index in [1.54, 1.807) is 0 Å². The maximum atomic E-state index is 12.9. The molecule has 0 fully saturated rings. The van der Waals surface area contributed by atoms with Crippen molar-refractivity contribution in [2.45, 2.75) is 130 Å². The molecule has 0 aromatic heterocycles. The van der Waals surface area contributed by atoms with E-state index in [0.717, 1.165) is 88.9 Å². The summed E-state index contributed by atoms with van der Waals surface area (Å²) < 4.78 is 11.2. The average Bonchev–Trinajstić information content (AvgIpc) is 2.88. The molecule has 0 aromatic rings. The molecule has 1 amide bonds. The summed E-state index contributed by atoms with van der Waals surface area (Å²) in [5, 5.41) is -0.275. The van der Waals surface area contributed by atoms with Crippen LogP contribution in [0.15, 0.2) is 0 Å². The zero-order chi connectivity index (χ0) is 28.4. The Kier molecular flexibility index (Phi) is 25.1. The molecule has 7 nitrogen and oxygen atoms in total. The lowest BCUT2D eigenvalue weighted by molar-refractivity contribution is -0.151. The van der Waals surface area contributed by atoms with Crippen LogP contribution < -0.4 is 0 Å². The van der Waals surface area contributed by atoms with Gasteiger partial charge in [0, 0.05) is 5.75 Å². The van der Waals surface area contributed by atoms with Gasteiger partial charge >= 0.3 is 11.9 Å². The molecule has 224 valence electrons. The first-order valence-corrected chi connectivity index (χ1v) is 16.2. The number of carbonyl (C=O) groups excluding carboxylic acids is 3. The first-order valence-electron chi connectivity index (χ1n) is 15.2. The maximum Gasteiger partial charge on any atom is 0.325 e. The summed E-state index contributed by atoms with van der Waals surface area (Å²) >= 11 is 1.15. The fraction of sp³-hybridized carbons (Fsp3) is 0.900. The summed E-state index contributed by atoms with van der Waals surface area (Å²) in [6.45, 7) is 7.32. The van der Waals surface area contributed by atoms with E-state index in [2.05, 4.69) is 25.7 Å². The number of hydrogen-bond donors (Lipinski definition) is 0. The van der Waals surface area contributed by atoms with Crippen molar-refractivity contribution in [3.8, 4) is 0 Å². The lowest BCUT2D eigenvalue weighted by Gasteiger charge is -2.23. The number of thioether (sulfide) groups is 1. The van der Waals surface area contributed by atoms with Crippen LogP contribution in [0, 0.1) is 0 Å². The van der Waals surface area contributed by atoms with E-state index in [-0.39, 0.29) is 24.4 Å². The molecule has 0 aromatic carbocycles. The summed E-state index contributed by atoms with van der Waals surface area (Å²) in [7, 11) is 3.99. The minimum Gasteiger partial charge on any atom is -0.464 e. The zero-order valence-corrected chi connectivity index (χ0v) is 26.1. The predicted molar refractivity (Wildman–Crippen MR) is 160 cm³/mol. The number of unbranched alkanes of at least 4 members (excludes halogenated alkanes) is 10. The van der Waals surface area contributed by atoms with Crippen molar-refractivity contribution in [2.75, 3.05) is 46.1 Å². The Morgan fingerprint density at radius 2 is 1.21 bits per heavy atom. The summed E-state index contributed by atoms with van der Waals surface area (Å²) in [5.41, 5.74) is 0. The number of esters is 2. The largest absolute Gasteiger partial charge is 0.464 e. The third-order valence-corrected chi connectivity index (χ3v) is 7.44. The number of hydrogen-bond acceptors (Lipinski definition) is 7. The second kappa shape index (κ2) is 26.0. The van der Waals surface area contributed by atoms with E-state index in [0.29, 0.717) is 12.4 Å². The molecule has 0 unspecified atom stereocenters. The van der Waals surface area contributed by atoms with Gasteiger partial charge < -0.3 is 19.3 Å². The van der Waals surface area contributed by atoms with Gasteiger partial charge in [0.05, 0.1) is 6.61 Å². The molecule has 0 aliphatic heterocycles. The molecule has 0 bridgehead atoms. The molecule has 0 spiro atoms. The topological polar surface area (TPSA) is 76.1 Å². The molecular formula is C30H58N2O5S. The van der Waals surface area contributed by atoms with Gasteiger partial charge in [-0.3, -0.25) is 14.4 Å². The van der Waals surface area contributed by atoms with Crippen LogP contribution in [0.25, 0.3) is 0 Å². The summed E-state index contributed by atoms with van der Waals surface area (Å²) in [5.74, 6) is -0.270. The van der Waals surface area contributed by atoms with Crippen LogP contribution in [0.1, 0.15) is 124 Å². The number of carbonyl (C=O) groups is 3. The summed E-state index contributed by atoms with van der Waals surface area (Å²) in [6, 6.07) is 0. The Labute approximate surface area is 238 Å². The highest BCUT2D eigenvalue weighted by Gasteiger charge is 2.24. The Bertz CT molecular complexity index is 591. The van der Waals surface area contributed by atoms with E-state index in [1.165, 1.54) is 37.0 Å². The standard InChI is InChI=1S/C30H58N2O5S/c1-6-9-12-15-18-23-36-28(33)25-32(30(35)38-24-19-22-31(4)5)26-29(34)37-27(20-16-13-10-7-2)21-17-14-11-8-3/h27H,6-26H2,1-5H3. The third-order valence-electron chi connectivity index (χ3n) is 6.44. The van der Waals surface area contributed by atoms with E-state index < -0.39 is 11.9 Å². The molecule has 0 radical (unpaired) electrons. The van der Waals surface area contributed by atoms with Gasteiger partial charge in [-0.25, -0.2) is 0 Å². The van der Waals surface area contributed by atoms with Crippen LogP contribution in [-0.4, -0.2) is 79.2 Å². The smallest absolute Gasteiger partial charge is 0.325 e. The maximum absolute atomic E-state index is 12.9. The van der Waals surface area contributed by atoms with E-state index in [9.17, 15) is 14.4 Å². The SMILES string of the molecule is CCCCCCCOC(=O)CN(CC(=O)OC(CCCCCC)CCCCCC)C(=O)SCCCN(C)C. The van der Waals surface area contributed by atoms with Gasteiger partial charge in [0.25, 0.3) is 5.24 Å². The summed E-state index contributed by atoms with van der Waals surface area (Å²) in [4.78, 5) is 41.7. The second-order valence-electron chi connectivity index (χ2n) is 10.6. The van der Waals surface area contributed by atoms with Gasteiger partial charge in [-0.15, -0.1) is 0 Å². The molecule has 0 heterocycles. The Morgan fingerprint density at radius 3 is 1.76 bits per heavy atom. The van der Waals surface area contributed by atoms with Crippen LogP contribution in [0.2, 0.25) is 0 Å². The first kappa shape index (κ1) is 36.7. The van der Waals surface area contributed by atoms with Gasteiger partial charge in [-0.05, 0) is 59.2 Å². The van der Waals surface area contributed by atoms with Crippen molar-refractivity contribution in [2.24, 2.45) is 0 Å². The normalized spacial score (nSPS) is 11.2. The van der Waals surface area contributed by atoms with Crippen molar-refractivity contribution in [1.29, 1.82) is 0 Å².